The Morgan fingerprint density at radius 2 is 1.94 bits per heavy atom. The summed E-state index contributed by atoms with van der Waals surface area (Å²) in [5.74, 6) is 1.09. The van der Waals surface area contributed by atoms with Crippen molar-refractivity contribution in [2.45, 2.75) is 52.5 Å². The largest absolute Gasteiger partial charge is 0.486 e. The summed E-state index contributed by atoms with van der Waals surface area (Å²) in [5.41, 5.74) is 10.6. The quantitative estimate of drug-likeness (QED) is 0.457. The second-order valence-electron chi connectivity index (χ2n) is 7.94. The highest BCUT2D eigenvalue weighted by Crippen LogP contribution is 2.39. The van der Waals surface area contributed by atoms with Gasteiger partial charge in [-0.2, -0.15) is 0 Å². The Balaban J connectivity index is 1.81. The molecule has 3 aromatic rings. The van der Waals surface area contributed by atoms with Gasteiger partial charge in [-0.1, -0.05) is 31.9 Å². The first-order valence-electron chi connectivity index (χ1n) is 11.0. The van der Waals surface area contributed by atoms with Gasteiger partial charge in [0.15, 0.2) is 11.5 Å². The lowest BCUT2D eigenvalue weighted by atomic mass is 9.97. The minimum atomic E-state index is -0.381. The first-order valence-corrected chi connectivity index (χ1v) is 11.9. The van der Waals surface area contributed by atoms with Crippen LogP contribution in [0, 0.1) is 6.92 Å². The molecule has 0 unspecified atom stereocenters. The molecule has 0 saturated heterocycles. The number of carbonyl (C=O) groups is 1. The van der Waals surface area contributed by atoms with E-state index in [9.17, 15) is 4.79 Å². The molecule has 0 bridgehead atoms. The fourth-order valence-corrected chi connectivity index (χ4v) is 5.09. The molecule has 5 nitrogen and oxygen atoms in total. The van der Waals surface area contributed by atoms with Crippen LogP contribution >= 0.6 is 11.3 Å². The van der Waals surface area contributed by atoms with Crippen LogP contribution in [0.1, 0.15) is 52.8 Å². The Morgan fingerprint density at radius 3 is 2.65 bits per heavy atom. The summed E-state index contributed by atoms with van der Waals surface area (Å²) >= 11 is 1.77. The van der Waals surface area contributed by atoms with Gasteiger partial charge in [0.2, 0.25) is 0 Å². The summed E-state index contributed by atoms with van der Waals surface area (Å²) in [6.07, 6.45) is 5.23. The number of hydrogen-bond donors (Lipinski definition) is 1. The van der Waals surface area contributed by atoms with Crippen LogP contribution in [0.25, 0.3) is 11.1 Å². The van der Waals surface area contributed by atoms with E-state index in [4.69, 9.17) is 15.2 Å². The second kappa shape index (κ2) is 9.60. The summed E-state index contributed by atoms with van der Waals surface area (Å²) < 4.78 is 13.8. The van der Waals surface area contributed by atoms with E-state index in [1.54, 1.807) is 11.3 Å². The normalized spacial score (nSPS) is 12.8. The predicted molar refractivity (Wildman–Crippen MR) is 125 cm³/mol. The van der Waals surface area contributed by atoms with Gasteiger partial charge in [0.25, 0.3) is 5.91 Å². The summed E-state index contributed by atoms with van der Waals surface area (Å²) in [7, 11) is 0. The smallest absolute Gasteiger partial charge is 0.251 e. The highest BCUT2D eigenvalue weighted by Gasteiger charge is 2.25. The van der Waals surface area contributed by atoms with Crippen LogP contribution in [0.15, 0.2) is 35.7 Å². The standard InChI is InChI=1S/C25H30N2O3S/c1-3-4-5-8-20-24(18-9-10-21-22(16-18)30-14-13-29-21)23(25(26)28)17(2)27(20)12-11-19-7-6-15-31-19/h6-7,9-10,15-16H,3-5,8,11-14H2,1-2H3,(H2,26,28). The van der Waals surface area contributed by atoms with Gasteiger partial charge < -0.3 is 19.8 Å². The van der Waals surface area contributed by atoms with Gasteiger partial charge in [-0.15, -0.1) is 11.3 Å². The monoisotopic (exact) mass is 438 g/mol. The molecule has 0 saturated carbocycles. The van der Waals surface area contributed by atoms with Crippen LogP contribution < -0.4 is 15.2 Å². The van der Waals surface area contributed by atoms with Gasteiger partial charge in [-0.25, -0.2) is 0 Å². The number of rotatable bonds is 9. The van der Waals surface area contributed by atoms with Gasteiger partial charge in [-0.3, -0.25) is 4.79 Å². The molecule has 0 atom stereocenters. The molecular weight excluding hydrogens is 408 g/mol. The van der Waals surface area contributed by atoms with E-state index in [0.29, 0.717) is 18.8 Å². The number of aromatic nitrogens is 1. The number of ether oxygens (including phenoxy) is 2. The Hall–Kier alpha value is -2.73. The van der Waals surface area contributed by atoms with E-state index < -0.39 is 0 Å². The molecule has 0 aliphatic carbocycles. The molecule has 2 aromatic heterocycles. The zero-order valence-electron chi connectivity index (χ0n) is 18.3. The maximum Gasteiger partial charge on any atom is 0.251 e. The molecular formula is C25H30N2O3S. The molecule has 1 amide bonds. The molecule has 31 heavy (non-hydrogen) atoms. The number of benzene rings is 1. The Bertz CT molecular complexity index is 1050. The lowest BCUT2D eigenvalue weighted by Gasteiger charge is -2.19. The van der Waals surface area contributed by atoms with Crippen molar-refractivity contribution in [3.05, 3.63) is 57.5 Å². The number of unbranched alkanes of at least 4 members (excludes halogenated alkanes) is 2. The SMILES string of the molecule is CCCCCc1c(-c2ccc3c(c2)OCCO3)c(C(N)=O)c(C)n1CCc1cccs1. The number of fused-ring (bicyclic) bond motifs is 1. The Kier molecular flexibility index (Phi) is 6.66. The van der Waals surface area contributed by atoms with Crippen LogP contribution in [0.4, 0.5) is 0 Å². The molecule has 0 radical (unpaired) electrons. The molecule has 1 aliphatic rings. The first kappa shape index (κ1) is 21.5. The molecule has 4 rings (SSSR count). The fourth-order valence-electron chi connectivity index (χ4n) is 4.39. The van der Waals surface area contributed by atoms with Crippen LogP contribution in [0.2, 0.25) is 0 Å². The first-order chi connectivity index (χ1) is 15.1. The van der Waals surface area contributed by atoms with Crippen LogP contribution in [0.5, 0.6) is 11.5 Å². The molecule has 1 aromatic carbocycles. The Labute approximate surface area is 187 Å². The topological polar surface area (TPSA) is 66.5 Å². The lowest BCUT2D eigenvalue weighted by Crippen LogP contribution is -2.15. The molecule has 2 N–H and O–H groups in total. The number of thiophene rings is 1. The molecule has 0 fully saturated rings. The van der Waals surface area contributed by atoms with E-state index in [0.717, 1.165) is 67.0 Å². The van der Waals surface area contributed by atoms with Gasteiger partial charge in [0.05, 0.1) is 5.56 Å². The third kappa shape index (κ3) is 4.49. The van der Waals surface area contributed by atoms with Crippen molar-refractivity contribution in [2.75, 3.05) is 13.2 Å². The number of nitrogens with zero attached hydrogens (tertiary/aromatic N) is 1. The average Bonchev–Trinajstić information content (AvgIpc) is 3.38. The van der Waals surface area contributed by atoms with Gasteiger partial charge in [0, 0.05) is 28.4 Å². The number of nitrogens with two attached hydrogens (primary N) is 1. The molecule has 3 heterocycles. The van der Waals surface area contributed by atoms with Crippen molar-refractivity contribution in [2.24, 2.45) is 5.73 Å². The average molecular weight is 439 g/mol. The van der Waals surface area contributed by atoms with E-state index in [1.807, 2.05) is 25.1 Å². The van der Waals surface area contributed by atoms with Crippen molar-refractivity contribution >= 4 is 17.2 Å². The fraction of sp³-hybridized carbons (Fsp3) is 0.400. The van der Waals surface area contributed by atoms with E-state index in [2.05, 4.69) is 29.0 Å². The number of primary amides is 1. The van der Waals surface area contributed by atoms with Crippen molar-refractivity contribution in [3.8, 4) is 22.6 Å². The summed E-state index contributed by atoms with van der Waals surface area (Å²) in [4.78, 5) is 13.9. The highest BCUT2D eigenvalue weighted by molar-refractivity contribution is 7.09. The minimum absolute atomic E-state index is 0.381. The van der Waals surface area contributed by atoms with Gasteiger partial charge in [-0.05, 0) is 55.3 Å². The van der Waals surface area contributed by atoms with Gasteiger partial charge in [0.1, 0.15) is 13.2 Å². The zero-order chi connectivity index (χ0) is 21.8. The molecule has 1 aliphatic heterocycles. The third-order valence-electron chi connectivity index (χ3n) is 5.89. The third-order valence-corrected chi connectivity index (χ3v) is 6.82. The Morgan fingerprint density at radius 1 is 1.13 bits per heavy atom. The van der Waals surface area contributed by atoms with Crippen LogP contribution in [0.3, 0.4) is 0 Å². The minimum Gasteiger partial charge on any atom is -0.486 e. The number of aryl methyl sites for hydroxylation is 1. The number of carbonyl (C=O) groups excluding carboxylic acids is 1. The highest BCUT2D eigenvalue weighted by atomic mass is 32.1. The number of amides is 1. The summed E-state index contributed by atoms with van der Waals surface area (Å²) in [6, 6.07) is 10.2. The molecule has 164 valence electrons. The lowest BCUT2D eigenvalue weighted by molar-refractivity contribution is 0.1000. The summed E-state index contributed by atoms with van der Waals surface area (Å²) in [6.45, 7) is 6.14. The van der Waals surface area contributed by atoms with E-state index >= 15 is 0 Å². The van der Waals surface area contributed by atoms with Crippen LogP contribution in [-0.2, 0) is 19.4 Å². The van der Waals surface area contributed by atoms with Crippen molar-refractivity contribution in [3.63, 3.8) is 0 Å². The van der Waals surface area contributed by atoms with E-state index in [-0.39, 0.29) is 5.91 Å². The molecule has 6 heteroatoms. The van der Waals surface area contributed by atoms with Gasteiger partial charge >= 0.3 is 0 Å². The van der Waals surface area contributed by atoms with Crippen LogP contribution in [-0.4, -0.2) is 23.7 Å². The maximum atomic E-state index is 12.6. The molecule has 0 spiro atoms. The van der Waals surface area contributed by atoms with E-state index in [1.165, 1.54) is 10.6 Å². The van der Waals surface area contributed by atoms with Crippen molar-refractivity contribution < 1.29 is 14.3 Å². The second-order valence-corrected chi connectivity index (χ2v) is 8.98. The maximum absolute atomic E-state index is 12.6. The summed E-state index contributed by atoms with van der Waals surface area (Å²) in [5, 5.41) is 2.11. The van der Waals surface area contributed by atoms with Crippen molar-refractivity contribution in [1.82, 2.24) is 4.57 Å². The van der Waals surface area contributed by atoms with Crippen molar-refractivity contribution in [1.29, 1.82) is 0 Å². The predicted octanol–water partition coefficient (Wildman–Crippen LogP) is 5.37. The zero-order valence-corrected chi connectivity index (χ0v) is 19.1. The number of hydrogen-bond acceptors (Lipinski definition) is 4.